The van der Waals surface area contributed by atoms with E-state index < -0.39 is 0 Å². The Morgan fingerprint density at radius 2 is 1.07 bits per heavy atom. The van der Waals surface area contributed by atoms with Crippen molar-refractivity contribution in [2.45, 2.75) is 6.42 Å². The molecule has 29 heavy (non-hydrogen) atoms. The first-order valence-corrected chi connectivity index (χ1v) is 10.3. The summed E-state index contributed by atoms with van der Waals surface area (Å²) in [5.74, 6) is 0. The van der Waals surface area contributed by atoms with E-state index in [0.717, 1.165) is 6.42 Å². The fourth-order valence-corrected chi connectivity index (χ4v) is 6.03. The quantitative estimate of drug-likeness (QED) is 0.189. The second-order valence-electron chi connectivity index (χ2n) is 8.52. The Bertz CT molecular complexity index is 1820. The first-order valence-electron chi connectivity index (χ1n) is 10.3. The third-order valence-corrected chi connectivity index (χ3v) is 7.11. The minimum atomic E-state index is 1.02. The van der Waals surface area contributed by atoms with Gasteiger partial charge in [-0.25, -0.2) is 0 Å². The molecule has 0 spiro atoms. The van der Waals surface area contributed by atoms with Crippen LogP contribution in [0, 0.1) is 0 Å². The van der Waals surface area contributed by atoms with Gasteiger partial charge in [0.25, 0.3) is 0 Å². The summed E-state index contributed by atoms with van der Waals surface area (Å²) in [6.07, 6.45) is 1.02. The zero-order valence-electron chi connectivity index (χ0n) is 15.8. The molecule has 0 saturated carbocycles. The molecule has 0 fully saturated rings. The largest absolute Gasteiger partial charge is 0.0616 e. The second kappa shape index (κ2) is 4.67. The van der Waals surface area contributed by atoms with Crippen molar-refractivity contribution in [3.05, 3.63) is 96.1 Å². The summed E-state index contributed by atoms with van der Waals surface area (Å²) in [6.45, 7) is 0. The Labute approximate surface area is 167 Å². The lowest BCUT2D eigenvalue weighted by Crippen LogP contribution is -2.01. The van der Waals surface area contributed by atoms with Gasteiger partial charge in [-0.05, 0) is 94.3 Å². The van der Waals surface area contributed by atoms with Crippen LogP contribution in [0.2, 0.25) is 0 Å². The molecule has 0 nitrogen and oxygen atoms in total. The molecule has 0 heterocycles. The lowest BCUT2D eigenvalue weighted by Gasteiger charge is -2.24. The third-order valence-electron chi connectivity index (χ3n) is 7.11. The van der Waals surface area contributed by atoms with Crippen molar-refractivity contribution >= 4 is 64.6 Å². The molecule has 1 aliphatic rings. The highest BCUT2D eigenvalue weighted by molar-refractivity contribution is 6.42. The summed E-state index contributed by atoms with van der Waals surface area (Å²) in [4.78, 5) is 0. The smallest absolute Gasteiger partial charge is 0.000831 e. The summed E-state index contributed by atoms with van der Waals surface area (Å²) in [7, 11) is 0. The van der Waals surface area contributed by atoms with Crippen molar-refractivity contribution < 1.29 is 0 Å². The summed E-state index contributed by atoms with van der Waals surface area (Å²) in [6, 6.07) is 32.0. The number of rotatable bonds is 0. The van der Waals surface area contributed by atoms with E-state index in [1.54, 1.807) is 0 Å². The van der Waals surface area contributed by atoms with Gasteiger partial charge in [0.05, 0.1) is 0 Å². The second-order valence-corrected chi connectivity index (χ2v) is 8.52. The van der Waals surface area contributed by atoms with Gasteiger partial charge in [-0.2, -0.15) is 0 Å². The molecule has 0 radical (unpaired) electrons. The fourth-order valence-electron chi connectivity index (χ4n) is 6.03. The normalized spacial score (nSPS) is 13.4. The van der Waals surface area contributed by atoms with Crippen molar-refractivity contribution in [3.8, 4) is 0 Å². The lowest BCUT2D eigenvalue weighted by atomic mass is 9.79. The molecule has 0 N–H and O–H groups in total. The van der Waals surface area contributed by atoms with Gasteiger partial charge < -0.3 is 0 Å². The van der Waals surface area contributed by atoms with E-state index >= 15 is 0 Å². The van der Waals surface area contributed by atoms with Crippen LogP contribution < -0.4 is 0 Å². The predicted molar refractivity (Wildman–Crippen MR) is 125 cm³/mol. The average Bonchev–Trinajstić information content (AvgIpc) is 2.77. The van der Waals surface area contributed by atoms with Crippen LogP contribution in [0.1, 0.15) is 11.1 Å². The highest BCUT2D eigenvalue weighted by Gasteiger charge is 2.23. The van der Waals surface area contributed by atoms with Crippen molar-refractivity contribution in [1.29, 1.82) is 0 Å². The van der Waals surface area contributed by atoms with Gasteiger partial charge in [0.2, 0.25) is 0 Å². The third kappa shape index (κ3) is 1.56. The molecular formula is C29H16. The van der Waals surface area contributed by atoms with Crippen LogP contribution in [0.4, 0.5) is 0 Å². The van der Waals surface area contributed by atoms with E-state index in [2.05, 4.69) is 84.9 Å². The van der Waals surface area contributed by atoms with Gasteiger partial charge >= 0.3 is 0 Å². The van der Waals surface area contributed by atoms with Crippen LogP contribution in [0.15, 0.2) is 84.9 Å². The zero-order chi connectivity index (χ0) is 18.7. The fraction of sp³-hybridized carbons (Fsp3) is 0.0345. The summed E-state index contributed by atoms with van der Waals surface area (Å²) in [5, 5.41) is 16.9. The summed E-state index contributed by atoms with van der Waals surface area (Å²) in [5.41, 5.74) is 2.93. The minimum Gasteiger partial charge on any atom is -0.0616 e. The Balaban J connectivity index is 1.89. The van der Waals surface area contributed by atoms with E-state index in [0.29, 0.717) is 0 Å². The Morgan fingerprint density at radius 3 is 2.03 bits per heavy atom. The average molecular weight is 364 g/mol. The highest BCUT2D eigenvalue weighted by Crippen LogP contribution is 2.49. The molecule has 7 aromatic carbocycles. The maximum atomic E-state index is 2.39. The van der Waals surface area contributed by atoms with Crippen molar-refractivity contribution in [2.75, 3.05) is 0 Å². The van der Waals surface area contributed by atoms with Crippen molar-refractivity contribution in [2.24, 2.45) is 0 Å². The Hall–Kier alpha value is -3.64. The Morgan fingerprint density at radius 1 is 0.379 bits per heavy atom. The molecular weight excluding hydrogens is 348 g/mol. The first-order chi connectivity index (χ1) is 14.4. The number of fused-ring (bicyclic) bond motifs is 3. The molecule has 0 aromatic heterocycles. The van der Waals surface area contributed by atoms with E-state index in [1.165, 1.54) is 75.8 Å². The standard InChI is InChI=1S/C29H16/c1-2-9-22-16(5-1)13-20-11-12-21-15-18-7-3-6-17-14-19-8-4-10-23-25(19)29(24(17)18)27(21)26(20)28(22)23/h1-14H,15H2. The molecule has 1 aliphatic carbocycles. The van der Waals surface area contributed by atoms with Gasteiger partial charge in [-0.1, -0.05) is 72.8 Å². The number of hydrogen-bond donors (Lipinski definition) is 0. The van der Waals surface area contributed by atoms with Crippen LogP contribution in [0.5, 0.6) is 0 Å². The molecule has 0 aliphatic heterocycles. The van der Waals surface area contributed by atoms with Gasteiger partial charge in [0.15, 0.2) is 0 Å². The highest BCUT2D eigenvalue weighted by atomic mass is 14.3. The molecule has 0 amide bonds. The molecule has 0 saturated heterocycles. The van der Waals surface area contributed by atoms with Crippen LogP contribution in [0.3, 0.4) is 0 Å². The molecule has 132 valence electrons. The van der Waals surface area contributed by atoms with E-state index in [9.17, 15) is 0 Å². The van der Waals surface area contributed by atoms with E-state index in [4.69, 9.17) is 0 Å². The summed E-state index contributed by atoms with van der Waals surface area (Å²) < 4.78 is 0. The molecule has 0 unspecified atom stereocenters. The predicted octanol–water partition coefficient (Wildman–Crippen LogP) is 7.95. The minimum absolute atomic E-state index is 1.02. The Kier molecular flexibility index (Phi) is 2.31. The molecule has 0 atom stereocenters. The van der Waals surface area contributed by atoms with Crippen LogP contribution >= 0.6 is 0 Å². The topological polar surface area (TPSA) is 0 Å². The lowest BCUT2D eigenvalue weighted by molar-refractivity contribution is 1.24. The maximum Gasteiger partial charge on any atom is -0.000831 e. The van der Waals surface area contributed by atoms with Crippen LogP contribution in [0.25, 0.3) is 64.6 Å². The van der Waals surface area contributed by atoms with Crippen molar-refractivity contribution in [3.63, 3.8) is 0 Å². The molecule has 0 heteroatoms. The van der Waals surface area contributed by atoms with Gasteiger partial charge in [0, 0.05) is 0 Å². The van der Waals surface area contributed by atoms with E-state index in [-0.39, 0.29) is 0 Å². The monoisotopic (exact) mass is 364 g/mol. The summed E-state index contributed by atoms with van der Waals surface area (Å²) >= 11 is 0. The van der Waals surface area contributed by atoms with E-state index in [1.807, 2.05) is 0 Å². The van der Waals surface area contributed by atoms with Gasteiger partial charge in [0.1, 0.15) is 0 Å². The van der Waals surface area contributed by atoms with Gasteiger partial charge in [-0.3, -0.25) is 0 Å². The maximum absolute atomic E-state index is 2.39. The zero-order valence-corrected chi connectivity index (χ0v) is 15.8. The molecule has 0 bridgehead atoms. The number of hydrogen-bond acceptors (Lipinski definition) is 0. The molecule has 7 aromatic rings. The first kappa shape index (κ1) is 14.4. The molecule has 8 rings (SSSR count). The van der Waals surface area contributed by atoms with Crippen LogP contribution in [-0.4, -0.2) is 0 Å². The van der Waals surface area contributed by atoms with Crippen molar-refractivity contribution in [1.82, 2.24) is 0 Å². The SMILES string of the molecule is c1ccc2c(c1)cc1ccc3c4c1c2c1cccc2cc5cccc(c5c4c21)C3. The van der Waals surface area contributed by atoms with Crippen LogP contribution in [-0.2, 0) is 6.42 Å². The van der Waals surface area contributed by atoms with Gasteiger partial charge in [-0.15, -0.1) is 0 Å². The number of benzene rings is 7.